The number of rotatable bonds is 0. The zero-order valence-corrected chi connectivity index (χ0v) is 7.81. The van der Waals surface area contributed by atoms with Crippen molar-refractivity contribution < 1.29 is 26.3 Å². The Labute approximate surface area is 66.7 Å². The minimum absolute atomic E-state index is 0.0590. The van der Waals surface area contributed by atoms with E-state index in [0.29, 0.717) is 0 Å². The van der Waals surface area contributed by atoms with Crippen LogP contribution >= 0.6 is 15.9 Å². The normalized spacial score (nSPS) is 29.8. The van der Waals surface area contributed by atoms with Crippen LogP contribution in [0.4, 0.5) is 0 Å². The van der Waals surface area contributed by atoms with Gasteiger partial charge in [-0.1, -0.05) is 0 Å². The van der Waals surface area contributed by atoms with Crippen molar-refractivity contribution in [1.29, 1.82) is 0 Å². The Morgan fingerprint density at radius 1 is 2.00 bits per heavy atom. The van der Waals surface area contributed by atoms with Crippen molar-refractivity contribution in [1.82, 2.24) is 5.32 Å². The average Bonchev–Trinajstić information content (AvgIpc) is 1.77. The van der Waals surface area contributed by atoms with Crippen molar-refractivity contribution in [3.05, 3.63) is 10.7 Å². The van der Waals surface area contributed by atoms with Crippen molar-refractivity contribution in [3.8, 4) is 0 Å². The van der Waals surface area contributed by atoms with E-state index in [9.17, 15) is 0 Å². The summed E-state index contributed by atoms with van der Waals surface area (Å²) in [5, 5.41) is 11.7. The molecule has 0 bridgehead atoms. The van der Waals surface area contributed by atoms with Crippen molar-refractivity contribution in [2.24, 2.45) is 0 Å². The summed E-state index contributed by atoms with van der Waals surface area (Å²) in [4.78, 5) is 0. The van der Waals surface area contributed by atoms with Crippen LogP contribution in [-0.2, 0) is 0 Å². The molecule has 2 N–H and O–H groups in total. The van der Waals surface area contributed by atoms with E-state index in [1.54, 1.807) is 0 Å². The Hall–Kier alpha value is 0.710. The first-order valence-corrected chi connectivity index (χ1v) is 5.72. The fourth-order valence-corrected chi connectivity index (χ4v) is 2.83. The molecular formula is C4H6BrINO-. The van der Waals surface area contributed by atoms with Gasteiger partial charge in [-0.2, -0.15) is 0 Å². The molecule has 1 rings (SSSR count). The molecule has 0 fully saturated rings. The summed E-state index contributed by atoms with van der Waals surface area (Å²) >= 11 is 3.27. The number of alkyl halides is 2. The molecule has 0 saturated heterocycles. The Balaban J connectivity index is 2.42. The molecule has 2 nitrogen and oxygen atoms in total. The van der Waals surface area contributed by atoms with Gasteiger partial charge < -0.3 is 0 Å². The topological polar surface area (TPSA) is 32.3 Å². The fraction of sp³-hybridized carbons (Fsp3) is 0.500. The molecule has 1 aliphatic rings. The van der Waals surface area contributed by atoms with Crippen LogP contribution < -0.4 is 26.5 Å². The molecule has 0 radical (unpaired) electrons. The molecule has 48 valence electrons. The van der Waals surface area contributed by atoms with Gasteiger partial charge in [0.1, 0.15) is 0 Å². The molecule has 1 heterocycles. The Bertz CT molecular complexity index is 117. The van der Waals surface area contributed by atoms with Gasteiger partial charge in [-0.15, -0.1) is 0 Å². The second kappa shape index (κ2) is 3.03. The standard InChI is InChI=1S/C4H6BrINO/c5-3-1-6-4(8)7-2-3/h2,4,7-8H,1H2/q-1. The van der Waals surface area contributed by atoms with E-state index in [2.05, 4.69) is 21.2 Å². The number of halogens is 2. The summed E-state index contributed by atoms with van der Waals surface area (Å²) in [6, 6.07) is 0. The average molecular weight is 291 g/mol. The third kappa shape index (κ3) is 1.91. The van der Waals surface area contributed by atoms with Gasteiger partial charge in [-0.3, -0.25) is 0 Å². The molecule has 1 unspecified atom stereocenters. The van der Waals surface area contributed by atoms with Crippen molar-refractivity contribution in [2.75, 3.05) is 4.43 Å². The first kappa shape index (κ1) is 6.82. The Morgan fingerprint density at radius 2 is 2.75 bits per heavy atom. The second-order valence-electron chi connectivity index (χ2n) is 1.38. The van der Waals surface area contributed by atoms with E-state index < -0.39 is 0 Å². The summed E-state index contributed by atoms with van der Waals surface area (Å²) in [5.74, 6) is 0. The van der Waals surface area contributed by atoms with Gasteiger partial charge in [-0.05, 0) is 0 Å². The van der Waals surface area contributed by atoms with Crippen LogP contribution in [0, 0.1) is 0 Å². The van der Waals surface area contributed by atoms with Crippen LogP contribution in [0.3, 0.4) is 0 Å². The van der Waals surface area contributed by atoms with Gasteiger partial charge in [0.15, 0.2) is 0 Å². The minimum atomic E-state index is -0.227. The maximum atomic E-state index is 8.90. The second-order valence-corrected chi connectivity index (χ2v) is 5.22. The van der Waals surface area contributed by atoms with Crippen LogP contribution in [-0.4, -0.2) is 13.8 Å². The molecule has 4 heteroatoms. The van der Waals surface area contributed by atoms with Crippen LogP contribution in [0.25, 0.3) is 0 Å². The summed E-state index contributed by atoms with van der Waals surface area (Å²) in [7, 11) is 0. The van der Waals surface area contributed by atoms with Crippen LogP contribution in [0.15, 0.2) is 10.7 Å². The van der Waals surface area contributed by atoms with Crippen LogP contribution in [0.1, 0.15) is 0 Å². The Kier molecular flexibility index (Phi) is 2.58. The monoisotopic (exact) mass is 290 g/mol. The van der Waals surface area contributed by atoms with E-state index in [-0.39, 0.29) is 25.4 Å². The number of hydrogen-bond donors (Lipinski definition) is 2. The number of hydrogen-bond acceptors (Lipinski definition) is 2. The predicted octanol–water partition coefficient (Wildman–Crippen LogP) is -2.81. The molecule has 0 spiro atoms. The summed E-state index contributed by atoms with van der Waals surface area (Å²) in [6.07, 6.45) is 1.81. The van der Waals surface area contributed by atoms with Gasteiger partial charge >= 0.3 is 66.9 Å². The van der Waals surface area contributed by atoms with Crippen molar-refractivity contribution >= 4 is 15.9 Å². The van der Waals surface area contributed by atoms with E-state index in [4.69, 9.17) is 5.11 Å². The number of nitrogens with one attached hydrogen (secondary N) is 1. The van der Waals surface area contributed by atoms with E-state index in [1.165, 1.54) is 4.48 Å². The van der Waals surface area contributed by atoms with Crippen LogP contribution in [0.5, 0.6) is 0 Å². The zero-order chi connectivity index (χ0) is 5.98. The molecule has 0 aromatic carbocycles. The SMILES string of the molecule is OC1NC=C(Br)C[I-]1. The maximum absolute atomic E-state index is 8.90. The molecule has 8 heavy (non-hydrogen) atoms. The third-order valence-electron chi connectivity index (χ3n) is 0.728. The molecule has 0 aromatic rings. The molecule has 0 amide bonds. The summed E-state index contributed by atoms with van der Waals surface area (Å²) < 4.78 is 2.00. The van der Waals surface area contributed by atoms with Crippen molar-refractivity contribution in [3.63, 3.8) is 0 Å². The molecule has 0 aliphatic carbocycles. The van der Waals surface area contributed by atoms with Gasteiger partial charge in [0.2, 0.25) is 0 Å². The summed E-state index contributed by atoms with van der Waals surface area (Å²) in [6.45, 7) is 0. The third-order valence-corrected chi connectivity index (χ3v) is 4.74. The number of aliphatic hydroxyl groups is 1. The number of allylic oxidation sites excluding steroid dienone is 1. The first-order valence-electron chi connectivity index (χ1n) is 2.15. The van der Waals surface area contributed by atoms with Gasteiger partial charge in [0.25, 0.3) is 0 Å². The molecule has 0 aromatic heterocycles. The van der Waals surface area contributed by atoms with E-state index in [0.717, 1.165) is 4.43 Å². The number of aliphatic hydroxyl groups excluding tert-OH is 1. The quantitative estimate of drug-likeness (QED) is 0.287. The Morgan fingerprint density at radius 3 is 3.12 bits per heavy atom. The molecule has 0 saturated carbocycles. The van der Waals surface area contributed by atoms with Gasteiger partial charge in [0.05, 0.1) is 0 Å². The first-order chi connectivity index (χ1) is 3.79. The molecular weight excluding hydrogens is 285 g/mol. The predicted molar refractivity (Wildman–Crippen MR) is 31.0 cm³/mol. The zero-order valence-electron chi connectivity index (χ0n) is 4.06. The van der Waals surface area contributed by atoms with E-state index >= 15 is 0 Å². The summed E-state index contributed by atoms with van der Waals surface area (Å²) in [5.41, 5.74) is 0. The van der Waals surface area contributed by atoms with Crippen molar-refractivity contribution in [2.45, 2.75) is 4.23 Å². The van der Waals surface area contributed by atoms with Gasteiger partial charge in [0, 0.05) is 0 Å². The fourth-order valence-electron chi connectivity index (χ4n) is 0.389. The van der Waals surface area contributed by atoms with Gasteiger partial charge in [-0.25, -0.2) is 0 Å². The van der Waals surface area contributed by atoms with Crippen LogP contribution in [0.2, 0.25) is 0 Å². The molecule has 1 aliphatic heterocycles. The molecule has 1 atom stereocenters. The van der Waals surface area contributed by atoms with E-state index in [1.807, 2.05) is 6.20 Å².